The van der Waals surface area contributed by atoms with Crippen molar-refractivity contribution in [2.75, 3.05) is 7.11 Å². The Morgan fingerprint density at radius 2 is 1.90 bits per heavy atom. The third-order valence-electron chi connectivity index (χ3n) is 2.68. The predicted molar refractivity (Wildman–Crippen MR) is 89.9 cm³/mol. The van der Waals surface area contributed by atoms with Crippen LogP contribution in [0.5, 0.6) is 5.75 Å². The Morgan fingerprint density at radius 1 is 1.19 bits per heavy atom. The summed E-state index contributed by atoms with van der Waals surface area (Å²) >= 11 is 6.74. The molecule has 0 aromatic heterocycles. The topological polar surface area (TPSA) is 50.7 Å². The summed E-state index contributed by atoms with van der Waals surface area (Å²) in [4.78, 5) is 11.9. The molecule has 0 unspecified atom stereocenters. The lowest BCUT2D eigenvalue weighted by molar-refractivity contribution is 0.0955. The number of ether oxygens (including phenoxy) is 1. The highest BCUT2D eigenvalue weighted by Crippen LogP contribution is 2.20. The van der Waals surface area contributed by atoms with Gasteiger partial charge in [0, 0.05) is 20.1 Å². The molecular weight excluding hydrogens is 400 g/mol. The first-order valence-corrected chi connectivity index (χ1v) is 7.61. The van der Waals surface area contributed by atoms with Crippen molar-refractivity contribution < 1.29 is 9.53 Å². The van der Waals surface area contributed by atoms with E-state index in [9.17, 15) is 4.79 Å². The molecule has 0 fully saturated rings. The molecule has 0 aliphatic heterocycles. The van der Waals surface area contributed by atoms with Crippen LogP contribution in [0.15, 0.2) is 56.5 Å². The minimum absolute atomic E-state index is 0.266. The van der Waals surface area contributed by atoms with Crippen molar-refractivity contribution >= 4 is 44.0 Å². The number of halogens is 2. The van der Waals surface area contributed by atoms with E-state index in [2.05, 4.69) is 42.4 Å². The first-order valence-electron chi connectivity index (χ1n) is 6.02. The molecule has 6 heteroatoms. The molecule has 108 valence electrons. The van der Waals surface area contributed by atoms with Gasteiger partial charge in [-0.2, -0.15) is 5.10 Å². The minimum Gasteiger partial charge on any atom is -0.497 e. The fraction of sp³-hybridized carbons (Fsp3) is 0.0667. The zero-order chi connectivity index (χ0) is 15.2. The van der Waals surface area contributed by atoms with Gasteiger partial charge in [0.05, 0.1) is 13.3 Å². The van der Waals surface area contributed by atoms with Crippen LogP contribution in [-0.2, 0) is 0 Å². The molecule has 4 nitrogen and oxygen atoms in total. The maximum atomic E-state index is 11.9. The van der Waals surface area contributed by atoms with Crippen molar-refractivity contribution in [2.24, 2.45) is 5.10 Å². The maximum absolute atomic E-state index is 11.9. The largest absolute Gasteiger partial charge is 0.497 e. The Bertz CT molecular complexity index is 670. The number of benzene rings is 2. The van der Waals surface area contributed by atoms with Gasteiger partial charge in [-0.1, -0.05) is 31.9 Å². The van der Waals surface area contributed by atoms with E-state index in [1.54, 1.807) is 37.6 Å². The van der Waals surface area contributed by atoms with Gasteiger partial charge in [0.25, 0.3) is 5.91 Å². The Hall–Kier alpha value is -1.66. The van der Waals surface area contributed by atoms with Gasteiger partial charge in [-0.25, -0.2) is 5.43 Å². The lowest BCUT2D eigenvalue weighted by Crippen LogP contribution is -2.17. The van der Waals surface area contributed by atoms with Crippen LogP contribution in [0.2, 0.25) is 0 Å². The van der Waals surface area contributed by atoms with Gasteiger partial charge in [-0.05, 0) is 42.5 Å². The number of nitrogens with one attached hydrogen (secondary N) is 1. The molecule has 1 amide bonds. The highest BCUT2D eigenvalue weighted by Gasteiger charge is 2.04. The summed E-state index contributed by atoms with van der Waals surface area (Å²) in [6, 6.07) is 12.6. The van der Waals surface area contributed by atoms with E-state index in [1.165, 1.54) is 0 Å². The number of methoxy groups -OCH3 is 1. The number of hydrogen-bond acceptors (Lipinski definition) is 3. The Kier molecular flexibility index (Phi) is 5.52. The molecule has 2 rings (SSSR count). The van der Waals surface area contributed by atoms with Crippen molar-refractivity contribution in [1.29, 1.82) is 0 Å². The summed E-state index contributed by atoms with van der Waals surface area (Å²) in [5.74, 6) is 0.455. The van der Waals surface area contributed by atoms with E-state index in [-0.39, 0.29) is 5.91 Å². The number of hydrogen-bond donors (Lipinski definition) is 1. The molecule has 0 atom stereocenters. The highest BCUT2D eigenvalue weighted by molar-refractivity contribution is 9.10. The van der Waals surface area contributed by atoms with Gasteiger partial charge < -0.3 is 4.74 Å². The summed E-state index contributed by atoms with van der Waals surface area (Å²) in [6.45, 7) is 0. The second kappa shape index (κ2) is 7.38. The maximum Gasteiger partial charge on any atom is 0.271 e. The van der Waals surface area contributed by atoms with Crippen LogP contribution < -0.4 is 10.2 Å². The molecule has 1 N–H and O–H groups in total. The first-order chi connectivity index (χ1) is 10.1. The summed E-state index contributed by atoms with van der Waals surface area (Å²) in [7, 11) is 1.60. The fourth-order valence-corrected chi connectivity index (χ4v) is 2.19. The van der Waals surface area contributed by atoms with Crippen molar-refractivity contribution in [3.63, 3.8) is 0 Å². The SMILES string of the molecule is COc1ccc(Br)c(/C=N\NC(=O)c2ccc(Br)cc2)c1. The zero-order valence-corrected chi connectivity index (χ0v) is 14.3. The number of nitrogens with zero attached hydrogens (tertiary/aromatic N) is 1. The molecule has 0 saturated carbocycles. The van der Waals surface area contributed by atoms with E-state index in [4.69, 9.17) is 4.74 Å². The van der Waals surface area contributed by atoms with E-state index < -0.39 is 0 Å². The second-order valence-electron chi connectivity index (χ2n) is 4.09. The smallest absolute Gasteiger partial charge is 0.271 e. The molecule has 0 bridgehead atoms. The van der Waals surface area contributed by atoms with Gasteiger partial charge in [0.2, 0.25) is 0 Å². The number of carbonyl (C=O) groups is 1. The third kappa shape index (κ3) is 4.41. The van der Waals surface area contributed by atoms with Gasteiger partial charge in [-0.3, -0.25) is 4.79 Å². The van der Waals surface area contributed by atoms with Crippen molar-refractivity contribution in [2.45, 2.75) is 0 Å². The molecular formula is C15H12Br2N2O2. The molecule has 0 radical (unpaired) electrons. The van der Waals surface area contributed by atoms with Crippen molar-refractivity contribution in [3.8, 4) is 5.75 Å². The minimum atomic E-state index is -0.266. The number of hydrazone groups is 1. The monoisotopic (exact) mass is 410 g/mol. The Labute approximate surface area is 139 Å². The molecule has 0 aliphatic carbocycles. The van der Waals surface area contributed by atoms with Crippen LogP contribution in [-0.4, -0.2) is 19.2 Å². The summed E-state index contributed by atoms with van der Waals surface area (Å²) < 4.78 is 6.93. The van der Waals surface area contributed by atoms with Crippen LogP contribution in [0.3, 0.4) is 0 Å². The lowest BCUT2D eigenvalue weighted by Gasteiger charge is -2.03. The number of rotatable bonds is 4. The Morgan fingerprint density at radius 3 is 2.57 bits per heavy atom. The van der Waals surface area contributed by atoms with Crippen LogP contribution in [0.25, 0.3) is 0 Å². The average Bonchev–Trinajstić information content (AvgIpc) is 2.49. The molecule has 0 saturated heterocycles. The molecule has 21 heavy (non-hydrogen) atoms. The molecule has 0 spiro atoms. The lowest BCUT2D eigenvalue weighted by atomic mass is 10.2. The first kappa shape index (κ1) is 15.7. The van der Waals surface area contributed by atoms with E-state index in [0.29, 0.717) is 5.56 Å². The van der Waals surface area contributed by atoms with Crippen molar-refractivity contribution in [1.82, 2.24) is 5.43 Å². The third-order valence-corrected chi connectivity index (χ3v) is 3.93. The second-order valence-corrected chi connectivity index (χ2v) is 5.86. The van der Waals surface area contributed by atoms with Gasteiger partial charge in [0.1, 0.15) is 5.75 Å². The summed E-state index contributed by atoms with van der Waals surface area (Å²) in [5, 5.41) is 3.95. The van der Waals surface area contributed by atoms with Crippen LogP contribution >= 0.6 is 31.9 Å². The van der Waals surface area contributed by atoms with Gasteiger partial charge in [0.15, 0.2) is 0 Å². The van der Waals surface area contributed by atoms with Gasteiger partial charge >= 0.3 is 0 Å². The standard InChI is InChI=1S/C15H12Br2N2O2/c1-21-13-6-7-14(17)11(8-13)9-18-19-15(20)10-2-4-12(16)5-3-10/h2-9H,1H3,(H,19,20)/b18-9-. The van der Waals surface area contributed by atoms with E-state index in [0.717, 1.165) is 20.3 Å². The van der Waals surface area contributed by atoms with Crippen molar-refractivity contribution in [3.05, 3.63) is 62.5 Å². The number of amides is 1. The van der Waals surface area contributed by atoms with Crippen LogP contribution in [0, 0.1) is 0 Å². The van der Waals surface area contributed by atoms with Gasteiger partial charge in [-0.15, -0.1) is 0 Å². The van der Waals surface area contributed by atoms with E-state index in [1.807, 2.05) is 18.2 Å². The molecule has 2 aromatic rings. The fourth-order valence-electron chi connectivity index (χ4n) is 1.57. The number of carbonyl (C=O) groups excluding carboxylic acids is 1. The predicted octanol–water partition coefficient (Wildman–Crippen LogP) is 3.98. The molecule has 0 aliphatic rings. The summed E-state index contributed by atoms with van der Waals surface area (Å²) in [6.07, 6.45) is 1.56. The zero-order valence-electron chi connectivity index (χ0n) is 11.1. The quantitative estimate of drug-likeness (QED) is 0.610. The Balaban J connectivity index is 2.05. The molecule has 0 heterocycles. The molecule has 2 aromatic carbocycles. The highest BCUT2D eigenvalue weighted by atomic mass is 79.9. The van der Waals surface area contributed by atoms with Crippen LogP contribution in [0.4, 0.5) is 0 Å². The van der Waals surface area contributed by atoms with E-state index >= 15 is 0 Å². The normalized spacial score (nSPS) is 10.6. The average molecular weight is 412 g/mol. The summed E-state index contributed by atoms with van der Waals surface area (Å²) in [5.41, 5.74) is 3.84. The van der Waals surface area contributed by atoms with Crippen LogP contribution in [0.1, 0.15) is 15.9 Å².